The molecule has 4 nitrogen and oxygen atoms in total. The van der Waals surface area contributed by atoms with E-state index in [1.54, 1.807) is 25.3 Å². The van der Waals surface area contributed by atoms with Crippen molar-refractivity contribution in [2.75, 3.05) is 12.8 Å². The predicted molar refractivity (Wildman–Crippen MR) is 88.0 cm³/mol. The Bertz CT molecular complexity index is 670. The number of carbonyl (C=O) groups is 1. The molecule has 0 aliphatic heterocycles. The topological polar surface area (TPSA) is 61.5 Å². The standard InChI is InChI=1S/C18H21NO3/c1-18(2,3)22-17(20)13-7-5-12(6-8-13)14-9-10-15(19)16(11-14)21-4/h5-11H,19H2,1-4H3. The number of rotatable bonds is 3. The average molecular weight is 299 g/mol. The van der Waals surface area contributed by atoms with E-state index in [1.165, 1.54) is 0 Å². The Labute approximate surface area is 130 Å². The van der Waals surface area contributed by atoms with Crippen molar-refractivity contribution in [1.82, 2.24) is 0 Å². The number of carbonyl (C=O) groups excluding carboxylic acids is 1. The molecule has 0 heterocycles. The number of methoxy groups -OCH3 is 1. The molecule has 4 heteroatoms. The zero-order valence-corrected chi connectivity index (χ0v) is 13.3. The Morgan fingerprint density at radius 1 is 1.00 bits per heavy atom. The highest BCUT2D eigenvalue weighted by Gasteiger charge is 2.17. The SMILES string of the molecule is COc1cc(-c2ccc(C(=O)OC(C)(C)C)cc2)ccc1N. The van der Waals surface area contributed by atoms with Crippen molar-refractivity contribution in [1.29, 1.82) is 0 Å². The van der Waals surface area contributed by atoms with E-state index in [0.717, 1.165) is 11.1 Å². The summed E-state index contributed by atoms with van der Waals surface area (Å²) in [5, 5.41) is 0. The van der Waals surface area contributed by atoms with E-state index in [-0.39, 0.29) is 5.97 Å². The summed E-state index contributed by atoms with van der Waals surface area (Å²) in [5.41, 5.74) is 8.39. The molecule has 0 atom stereocenters. The van der Waals surface area contributed by atoms with Gasteiger partial charge < -0.3 is 15.2 Å². The van der Waals surface area contributed by atoms with E-state index in [4.69, 9.17) is 15.2 Å². The summed E-state index contributed by atoms with van der Waals surface area (Å²) in [7, 11) is 1.58. The van der Waals surface area contributed by atoms with E-state index in [0.29, 0.717) is 17.0 Å². The fraction of sp³-hybridized carbons (Fsp3) is 0.278. The normalized spacial score (nSPS) is 11.1. The van der Waals surface area contributed by atoms with Crippen molar-refractivity contribution < 1.29 is 14.3 Å². The second-order valence-electron chi connectivity index (χ2n) is 6.04. The van der Waals surface area contributed by atoms with Crippen molar-refractivity contribution in [3.63, 3.8) is 0 Å². The minimum Gasteiger partial charge on any atom is -0.495 e. The maximum atomic E-state index is 12.0. The maximum Gasteiger partial charge on any atom is 0.338 e. The molecular weight excluding hydrogens is 278 g/mol. The van der Waals surface area contributed by atoms with Gasteiger partial charge in [-0.15, -0.1) is 0 Å². The zero-order chi connectivity index (χ0) is 16.3. The maximum absolute atomic E-state index is 12.0. The average Bonchev–Trinajstić information content (AvgIpc) is 2.46. The molecule has 0 amide bonds. The van der Waals surface area contributed by atoms with Crippen LogP contribution in [0, 0.1) is 0 Å². The van der Waals surface area contributed by atoms with Crippen LogP contribution in [0.1, 0.15) is 31.1 Å². The van der Waals surface area contributed by atoms with Crippen LogP contribution < -0.4 is 10.5 Å². The van der Waals surface area contributed by atoms with Crippen LogP contribution in [-0.2, 0) is 4.74 Å². The van der Waals surface area contributed by atoms with Crippen LogP contribution in [0.4, 0.5) is 5.69 Å². The molecule has 2 rings (SSSR count). The van der Waals surface area contributed by atoms with E-state index in [9.17, 15) is 4.79 Å². The van der Waals surface area contributed by atoms with Gasteiger partial charge in [0.2, 0.25) is 0 Å². The van der Waals surface area contributed by atoms with Crippen molar-refractivity contribution in [3.05, 3.63) is 48.0 Å². The van der Waals surface area contributed by atoms with Gasteiger partial charge >= 0.3 is 5.97 Å². The van der Waals surface area contributed by atoms with Crippen LogP contribution in [-0.4, -0.2) is 18.7 Å². The van der Waals surface area contributed by atoms with Gasteiger partial charge in [-0.2, -0.15) is 0 Å². The van der Waals surface area contributed by atoms with Crippen molar-refractivity contribution in [2.24, 2.45) is 0 Å². The Kier molecular flexibility index (Phi) is 4.40. The van der Waals surface area contributed by atoms with Gasteiger partial charge in [0, 0.05) is 0 Å². The van der Waals surface area contributed by atoms with E-state index in [1.807, 2.05) is 45.0 Å². The first-order valence-corrected chi connectivity index (χ1v) is 7.07. The largest absolute Gasteiger partial charge is 0.495 e. The number of nitrogen functional groups attached to an aromatic ring is 1. The number of hydrogen-bond acceptors (Lipinski definition) is 4. The molecule has 0 fully saturated rings. The molecule has 22 heavy (non-hydrogen) atoms. The zero-order valence-electron chi connectivity index (χ0n) is 13.3. The van der Waals surface area contributed by atoms with Crippen LogP contribution >= 0.6 is 0 Å². The molecule has 0 radical (unpaired) electrons. The minimum absolute atomic E-state index is 0.325. The molecule has 0 spiro atoms. The van der Waals surface area contributed by atoms with E-state index in [2.05, 4.69) is 0 Å². The summed E-state index contributed by atoms with van der Waals surface area (Å²) >= 11 is 0. The molecule has 2 N–H and O–H groups in total. The van der Waals surface area contributed by atoms with Gasteiger partial charge in [-0.3, -0.25) is 0 Å². The molecule has 0 saturated heterocycles. The van der Waals surface area contributed by atoms with Crippen LogP contribution in [0.5, 0.6) is 5.75 Å². The first-order chi connectivity index (χ1) is 10.3. The van der Waals surface area contributed by atoms with Gasteiger partial charge in [0.25, 0.3) is 0 Å². The highest BCUT2D eigenvalue weighted by Crippen LogP contribution is 2.29. The number of hydrogen-bond donors (Lipinski definition) is 1. The van der Waals surface area contributed by atoms with Gasteiger partial charge in [0.1, 0.15) is 11.4 Å². The quantitative estimate of drug-likeness (QED) is 0.689. The molecule has 0 saturated carbocycles. The molecule has 2 aromatic carbocycles. The van der Waals surface area contributed by atoms with Gasteiger partial charge in [-0.25, -0.2) is 4.79 Å². The van der Waals surface area contributed by atoms with Crippen molar-refractivity contribution in [3.8, 4) is 16.9 Å². The highest BCUT2D eigenvalue weighted by molar-refractivity contribution is 5.90. The first kappa shape index (κ1) is 15.9. The predicted octanol–water partition coefficient (Wildman–Crippen LogP) is 3.90. The molecule has 0 unspecified atom stereocenters. The Balaban J connectivity index is 2.24. The second-order valence-corrected chi connectivity index (χ2v) is 6.04. The van der Waals surface area contributed by atoms with Crippen molar-refractivity contribution >= 4 is 11.7 Å². The van der Waals surface area contributed by atoms with Crippen LogP contribution in [0.2, 0.25) is 0 Å². The van der Waals surface area contributed by atoms with Gasteiger partial charge in [-0.05, 0) is 56.2 Å². The van der Waals surface area contributed by atoms with Crippen LogP contribution in [0.3, 0.4) is 0 Å². The third-order valence-corrected chi connectivity index (χ3v) is 3.09. The molecular formula is C18H21NO3. The third-order valence-electron chi connectivity index (χ3n) is 3.09. The molecule has 0 aromatic heterocycles. The number of anilines is 1. The lowest BCUT2D eigenvalue weighted by Crippen LogP contribution is -2.23. The van der Waals surface area contributed by atoms with Crippen molar-refractivity contribution in [2.45, 2.75) is 26.4 Å². The van der Waals surface area contributed by atoms with E-state index >= 15 is 0 Å². The smallest absolute Gasteiger partial charge is 0.338 e. The summed E-state index contributed by atoms with van der Waals surface area (Å²) in [6.07, 6.45) is 0. The molecule has 2 aromatic rings. The fourth-order valence-corrected chi connectivity index (χ4v) is 2.03. The monoisotopic (exact) mass is 299 g/mol. The summed E-state index contributed by atoms with van der Waals surface area (Å²) < 4.78 is 10.6. The lowest BCUT2D eigenvalue weighted by Gasteiger charge is -2.19. The van der Waals surface area contributed by atoms with Gasteiger partial charge in [0.05, 0.1) is 18.4 Å². The fourth-order valence-electron chi connectivity index (χ4n) is 2.03. The number of ether oxygens (including phenoxy) is 2. The molecule has 0 aliphatic rings. The lowest BCUT2D eigenvalue weighted by atomic mass is 10.0. The minimum atomic E-state index is -0.500. The molecule has 116 valence electrons. The summed E-state index contributed by atoms with van der Waals surface area (Å²) in [5.74, 6) is 0.308. The second kappa shape index (κ2) is 6.10. The Morgan fingerprint density at radius 3 is 2.14 bits per heavy atom. The Morgan fingerprint density at radius 2 is 1.59 bits per heavy atom. The van der Waals surface area contributed by atoms with Crippen LogP contribution in [0.15, 0.2) is 42.5 Å². The van der Waals surface area contributed by atoms with Crippen LogP contribution in [0.25, 0.3) is 11.1 Å². The highest BCUT2D eigenvalue weighted by atomic mass is 16.6. The Hall–Kier alpha value is -2.49. The summed E-state index contributed by atoms with van der Waals surface area (Å²) in [6.45, 7) is 5.54. The molecule has 0 aliphatic carbocycles. The van der Waals surface area contributed by atoms with E-state index < -0.39 is 5.60 Å². The summed E-state index contributed by atoms with van der Waals surface area (Å²) in [4.78, 5) is 12.0. The number of esters is 1. The van der Waals surface area contributed by atoms with Gasteiger partial charge in [0.15, 0.2) is 0 Å². The number of benzene rings is 2. The van der Waals surface area contributed by atoms with Gasteiger partial charge in [-0.1, -0.05) is 18.2 Å². The lowest BCUT2D eigenvalue weighted by molar-refractivity contribution is 0.00696. The molecule has 0 bridgehead atoms. The third kappa shape index (κ3) is 3.79. The first-order valence-electron chi connectivity index (χ1n) is 7.07. The summed E-state index contributed by atoms with van der Waals surface area (Å²) in [6, 6.07) is 12.9. The number of nitrogens with two attached hydrogens (primary N) is 1.